The molecule has 0 spiro atoms. The Morgan fingerprint density at radius 2 is 2.26 bits per heavy atom. The van der Waals surface area contributed by atoms with E-state index < -0.39 is 0 Å². The van der Waals surface area contributed by atoms with Crippen molar-refractivity contribution in [3.05, 3.63) is 12.4 Å². The highest BCUT2D eigenvalue weighted by molar-refractivity contribution is 5.38. The lowest BCUT2D eigenvalue weighted by atomic mass is 10.1. The van der Waals surface area contributed by atoms with Gasteiger partial charge in [-0.2, -0.15) is 4.98 Å². The molecule has 5 heteroatoms. The minimum atomic E-state index is 0.119. The Labute approximate surface area is 115 Å². The Kier molecular flexibility index (Phi) is 4.96. The van der Waals surface area contributed by atoms with Gasteiger partial charge in [0.2, 0.25) is 5.88 Å². The number of rotatable bonds is 6. The number of hydrogen-bond donors (Lipinski definition) is 0. The van der Waals surface area contributed by atoms with E-state index in [1.165, 1.54) is 0 Å². The summed E-state index contributed by atoms with van der Waals surface area (Å²) >= 11 is 0. The van der Waals surface area contributed by atoms with Crippen molar-refractivity contribution in [1.82, 2.24) is 9.97 Å². The molecule has 19 heavy (non-hydrogen) atoms. The monoisotopic (exact) mass is 265 g/mol. The lowest BCUT2D eigenvalue weighted by molar-refractivity contribution is 0.117. The molecule has 106 valence electrons. The van der Waals surface area contributed by atoms with E-state index in [2.05, 4.69) is 14.9 Å². The van der Waals surface area contributed by atoms with Crippen LogP contribution in [0.25, 0.3) is 0 Å². The van der Waals surface area contributed by atoms with Crippen molar-refractivity contribution in [2.24, 2.45) is 5.92 Å². The van der Waals surface area contributed by atoms with Crippen LogP contribution in [0.4, 0.5) is 5.82 Å². The average molecular weight is 265 g/mol. The lowest BCUT2D eigenvalue weighted by Crippen LogP contribution is -2.22. The lowest BCUT2D eigenvalue weighted by Gasteiger charge is -2.18. The summed E-state index contributed by atoms with van der Waals surface area (Å²) in [5.74, 6) is 2.09. The Morgan fingerprint density at radius 3 is 3.00 bits per heavy atom. The van der Waals surface area contributed by atoms with Crippen molar-refractivity contribution >= 4 is 5.82 Å². The summed E-state index contributed by atoms with van der Waals surface area (Å²) < 4.78 is 11.1. The number of anilines is 1. The van der Waals surface area contributed by atoms with Gasteiger partial charge in [-0.05, 0) is 27.2 Å². The van der Waals surface area contributed by atoms with Crippen LogP contribution in [0.1, 0.15) is 27.2 Å². The van der Waals surface area contributed by atoms with Crippen molar-refractivity contribution < 1.29 is 9.47 Å². The van der Waals surface area contributed by atoms with Gasteiger partial charge < -0.3 is 14.4 Å². The van der Waals surface area contributed by atoms with E-state index in [9.17, 15) is 0 Å². The molecule has 0 bridgehead atoms. The third kappa shape index (κ3) is 4.06. The van der Waals surface area contributed by atoms with E-state index in [-0.39, 0.29) is 6.10 Å². The van der Waals surface area contributed by atoms with Gasteiger partial charge >= 0.3 is 0 Å². The minimum absolute atomic E-state index is 0.119. The van der Waals surface area contributed by atoms with Gasteiger partial charge in [0.15, 0.2) is 5.82 Å². The molecule has 0 aliphatic carbocycles. The fourth-order valence-corrected chi connectivity index (χ4v) is 2.25. The Bertz CT molecular complexity index is 398. The number of nitrogens with zero attached hydrogens (tertiary/aromatic N) is 3. The van der Waals surface area contributed by atoms with Gasteiger partial charge in [-0.15, -0.1) is 0 Å². The quantitative estimate of drug-likeness (QED) is 0.788. The zero-order valence-electron chi connectivity index (χ0n) is 12.0. The van der Waals surface area contributed by atoms with Gasteiger partial charge in [0.25, 0.3) is 0 Å². The first-order valence-corrected chi connectivity index (χ1v) is 7.00. The molecule has 0 amide bonds. The third-order valence-electron chi connectivity index (χ3n) is 3.12. The molecule has 1 aliphatic rings. The maximum Gasteiger partial charge on any atom is 0.234 e. The van der Waals surface area contributed by atoms with Crippen molar-refractivity contribution in [2.75, 3.05) is 31.2 Å². The van der Waals surface area contributed by atoms with E-state index in [4.69, 9.17) is 9.47 Å². The van der Waals surface area contributed by atoms with Gasteiger partial charge in [0.1, 0.15) is 0 Å². The molecular weight excluding hydrogens is 242 g/mol. The third-order valence-corrected chi connectivity index (χ3v) is 3.12. The van der Waals surface area contributed by atoms with Crippen LogP contribution in [0.15, 0.2) is 12.4 Å². The standard InChI is InChI=1S/C14H23N3O2/c1-4-18-10-12-5-6-17(9-12)13-7-15-8-14(16-13)19-11(2)3/h7-8,11-12H,4-6,9-10H2,1-3H3. The van der Waals surface area contributed by atoms with Crippen molar-refractivity contribution in [3.63, 3.8) is 0 Å². The molecule has 1 aromatic heterocycles. The Balaban J connectivity index is 1.95. The Hall–Kier alpha value is -1.36. The summed E-state index contributed by atoms with van der Waals surface area (Å²) in [5, 5.41) is 0. The molecular formula is C14H23N3O2. The zero-order valence-corrected chi connectivity index (χ0v) is 12.0. The fourth-order valence-electron chi connectivity index (χ4n) is 2.25. The summed E-state index contributed by atoms with van der Waals surface area (Å²) in [7, 11) is 0. The van der Waals surface area contributed by atoms with Crippen LogP contribution < -0.4 is 9.64 Å². The molecule has 1 atom stereocenters. The molecule has 0 N–H and O–H groups in total. The molecule has 1 saturated heterocycles. The molecule has 1 aromatic rings. The predicted molar refractivity (Wildman–Crippen MR) is 74.6 cm³/mol. The average Bonchev–Trinajstić information content (AvgIpc) is 2.84. The van der Waals surface area contributed by atoms with Crippen LogP contribution in [0.2, 0.25) is 0 Å². The van der Waals surface area contributed by atoms with E-state index in [1.54, 1.807) is 12.4 Å². The molecule has 1 unspecified atom stereocenters. The van der Waals surface area contributed by atoms with Crippen LogP contribution in [0.3, 0.4) is 0 Å². The minimum Gasteiger partial charge on any atom is -0.474 e. The normalized spacial score (nSPS) is 19.2. The summed E-state index contributed by atoms with van der Waals surface area (Å²) in [4.78, 5) is 11.0. The summed E-state index contributed by atoms with van der Waals surface area (Å²) in [5.41, 5.74) is 0. The van der Waals surface area contributed by atoms with Crippen molar-refractivity contribution in [1.29, 1.82) is 0 Å². The molecule has 0 saturated carbocycles. The highest BCUT2D eigenvalue weighted by Gasteiger charge is 2.24. The van der Waals surface area contributed by atoms with Gasteiger partial charge in [-0.3, -0.25) is 4.98 Å². The van der Waals surface area contributed by atoms with E-state index >= 15 is 0 Å². The van der Waals surface area contributed by atoms with E-state index in [0.29, 0.717) is 11.8 Å². The second-order valence-electron chi connectivity index (χ2n) is 5.14. The smallest absolute Gasteiger partial charge is 0.234 e. The predicted octanol–water partition coefficient (Wildman–Crippen LogP) is 2.13. The second-order valence-corrected chi connectivity index (χ2v) is 5.14. The van der Waals surface area contributed by atoms with Gasteiger partial charge in [0.05, 0.1) is 25.1 Å². The van der Waals surface area contributed by atoms with E-state index in [1.807, 2.05) is 20.8 Å². The summed E-state index contributed by atoms with van der Waals surface area (Å²) in [6.45, 7) is 9.63. The van der Waals surface area contributed by atoms with Crippen LogP contribution in [-0.4, -0.2) is 42.4 Å². The highest BCUT2D eigenvalue weighted by Crippen LogP contribution is 2.23. The zero-order chi connectivity index (χ0) is 13.7. The molecule has 5 nitrogen and oxygen atoms in total. The first kappa shape index (κ1) is 14.1. The molecule has 1 fully saturated rings. The van der Waals surface area contributed by atoms with Crippen LogP contribution >= 0.6 is 0 Å². The van der Waals surface area contributed by atoms with Gasteiger partial charge in [-0.1, -0.05) is 0 Å². The van der Waals surface area contributed by atoms with E-state index in [0.717, 1.165) is 38.5 Å². The molecule has 0 radical (unpaired) electrons. The van der Waals surface area contributed by atoms with Crippen LogP contribution in [-0.2, 0) is 4.74 Å². The highest BCUT2D eigenvalue weighted by atomic mass is 16.5. The molecule has 1 aliphatic heterocycles. The first-order chi connectivity index (χ1) is 9.19. The number of ether oxygens (including phenoxy) is 2. The number of hydrogen-bond acceptors (Lipinski definition) is 5. The van der Waals surface area contributed by atoms with Crippen LogP contribution in [0.5, 0.6) is 5.88 Å². The Morgan fingerprint density at radius 1 is 1.42 bits per heavy atom. The van der Waals surface area contributed by atoms with Gasteiger partial charge in [0, 0.05) is 25.6 Å². The maximum atomic E-state index is 5.58. The molecule has 2 heterocycles. The SMILES string of the molecule is CCOCC1CCN(c2cncc(OC(C)C)n2)C1. The van der Waals surface area contributed by atoms with Crippen molar-refractivity contribution in [2.45, 2.75) is 33.3 Å². The molecule has 0 aromatic carbocycles. The number of aromatic nitrogens is 2. The fraction of sp³-hybridized carbons (Fsp3) is 0.714. The first-order valence-electron chi connectivity index (χ1n) is 7.00. The van der Waals surface area contributed by atoms with Crippen molar-refractivity contribution in [3.8, 4) is 5.88 Å². The van der Waals surface area contributed by atoms with Gasteiger partial charge in [-0.25, -0.2) is 0 Å². The van der Waals surface area contributed by atoms with Crippen LogP contribution in [0, 0.1) is 5.92 Å². The molecule has 2 rings (SSSR count). The topological polar surface area (TPSA) is 47.5 Å². The largest absolute Gasteiger partial charge is 0.474 e. The maximum absolute atomic E-state index is 5.58. The second kappa shape index (κ2) is 6.70. The summed E-state index contributed by atoms with van der Waals surface area (Å²) in [6.07, 6.45) is 4.73. The summed E-state index contributed by atoms with van der Waals surface area (Å²) in [6, 6.07) is 0.